The van der Waals surface area contributed by atoms with Gasteiger partial charge in [0, 0.05) is 5.92 Å². The summed E-state index contributed by atoms with van der Waals surface area (Å²) in [4.78, 5) is 0. The number of allylic oxidation sites excluding steroid dienone is 6. The summed E-state index contributed by atoms with van der Waals surface area (Å²) in [5.74, 6) is 0.609. The molecule has 0 saturated heterocycles. The highest BCUT2D eigenvalue weighted by molar-refractivity contribution is 5.82. The molecule has 0 bridgehead atoms. The second kappa shape index (κ2) is 5.44. The highest BCUT2D eigenvalue weighted by Crippen LogP contribution is 2.50. The van der Waals surface area contributed by atoms with E-state index in [4.69, 9.17) is 0 Å². The number of rotatable bonds is 4. The van der Waals surface area contributed by atoms with Gasteiger partial charge >= 0.3 is 0 Å². The second-order valence-electron chi connectivity index (χ2n) is 5.96. The van der Waals surface area contributed by atoms with Crippen molar-refractivity contribution in [2.24, 2.45) is 0 Å². The SMILES string of the molecule is CCCC1=C(C2=C(C)C=CC2)C(CC)c2ccccc21. The maximum Gasteiger partial charge on any atom is 0.00986 e. The Bertz CT molecular complexity index is 611. The van der Waals surface area contributed by atoms with E-state index in [2.05, 4.69) is 57.2 Å². The predicted molar refractivity (Wildman–Crippen MR) is 87.8 cm³/mol. The lowest BCUT2D eigenvalue weighted by Gasteiger charge is -2.18. The number of hydrogen-bond acceptors (Lipinski definition) is 0. The molecule has 0 fully saturated rings. The van der Waals surface area contributed by atoms with Crippen molar-refractivity contribution in [2.45, 2.75) is 52.4 Å². The van der Waals surface area contributed by atoms with Crippen molar-refractivity contribution in [3.63, 3.8) is 0 Å². The number of benzene rings is 1. The van der Waals surface area contributed by atoms with E-state index in [-0.39, 0.29) is 0 Å². The third-order valence-electron chi connectivity index (χ3n) is 4.73. The molecule has 2 aliphatic carbocycles. The van der Waals surface area contributed by atoms with E-state index >= 15 is 0 Å². The first-order valence-electron chi connectivity index (χ1n) is 7.96. The average molecular weight is 264 g/mol. The largest absolute Gasteiger partial charge is 0.0798 e. The van der Waals surface area contributed by atoms with E-state index in [0.29, 0.717) is 5.92 Å². The molecule has 2 aliphatic rings. The molecular weight excluding hydrogens is 240 g/mol. The first-order chi connectivity index (χ1) is 9.77. The van der Waals surface area contributed by atoms with Gasteiger partial charge in [-0.15, -0.1) is 0 Å². The Hall–Kier alpha value is -1.56. The molecule has 3 rings (SSSR count). The van der Waals surface area contributed by atoms with Crippen LogP contribution in [-0.2, 0) is 0 Å². The molecule has 0 heterocycles. The van der Waals surface area contributed by atoms with Crippen LogP contribution in [0.25, 0.3) is 5.57 Å². The zero-order valence-corrected chi connectivity index (χ0v) is 12.9. The lowest BCUT2D eigenvalue weighted by molar-refractivity contribution is 0.775. The van der Waals surface area contributed by atoms with E-state index in [0.717, 1.165) is 6.42 Å². The van der Waals surface area contributed by atoms with E-state index in [9.17, 15) is 0 Å². The minimum atomic E-state index is 0.609. The van der Waals surface area contributed by atoms with Gasteiger partial charge in [-0.1, -0.05) is 56.7 Å². The van der Waals surface area contributed by atoms with Gasteiger partial charge < -0.3 is 0 Å². The topological polar surface area (TPSA) is 0 Å². The van der Waals surface area contributed by atoms with Crippen molar-refractivity contribution in [3.05, 3.63) is 64.3 Å². The van der Waals surface area contributed by atoms with Crippen LogP contribution in [0, 0.1) is 0 Å². The summed E-state index contributed by atoms with van der Waals surface area (Å²) in [6.45, 7) is 6.89. The van der Waals surface area contributed by atoms with Crippen LogP contribution in [-0.4, -0.2) is 0 Å². The quantitative estimate of drug-likeness (QED) is 0.623. The van der Waals surface area contributed by atoms with Crippen LogP contribution < -0.4 is 0 Å². The smallest absolute Gasteiger partial charge is 0.00986 e. The van der Waals surface area contributed by atoms with Gasteiger partial charge in [0.05, 0.1) is 0 Å². The van der Waals surface area contributed by atoms with E-state index in [1.165, 1.54) is 30.4 Å². The second-order valence-corrected chi connectivity index (χ2v) is 5.96. The molecule has 0 radical (unpaired) electrons. The summed E-state index contributed by atoms with van der Waals surface area (Å²) in [7, 11) is 0. The lowest BCUT2D eigenvalue weighted by atomic mass is 9.86. The van der Waals surface area contributed by atoms with Crippen LogP contribution in [0.15, 0.2) is 53.1 Å². The molecule has 1 aromatic rings. The molecule has 0 heteroatoms. The summed E-state index contributed by atoms with van der Waals surface area (Å²) in [6.07, 6.45) is 9.37. The van der Waals surface area contributed by atoms with Gasteiger partial charge in [0.15, 0.2) is 0 Å². The Morgan fingerprint density at radius 1 is 1.15 bits per heavy atom. The van der Waals surface area contributed by atoms with Gasteiger partial charge in [0.1, 0.15) is 0 Å². The minimum Gasteiger partial charge on any atom is -0.0798 e. The normalized spacial score (nSPS) is 21.1. The Morgan fingerprint density at radius 2 is 1.95 bits per heavy atom. The fraction of sp³-hybridized carbons (Fsp3) is 0.400. The molecule has 1 unspecified atom stereocenters. The van der Waals surface area contributed by atoms with Crippen molar-refractivity contribution in [3.8, 4) is 0 Å². The highest BCUT2D eigenvalue weighted by Gasteiger charge is 2.31. The molecule has 0 amide bonds. The Labute approximate surface area is 122 Å². The fourth-order valence-corrected chi connectivity index (χ4v) is 3.86. The maximum absolute atomic E-state index is 2.34. The van der Waals surface area contributed by atoms with Gasteiger partial charge in [0.25, 0.3) is 0 Å². The third kappa shape index (κ3) is 1.98. The van der Waals surface area contributed by atoms with Gasteiger partial charge in [-0.25, -0.2) is 0 Å². The van der Waals surface area contributed by atoms with Crippen molar-refractivity contribution in [1.82, 2.24) is 0 Å². The lowest BCUT2D eigenvalue weighted by Crippen LogP contribution is -2.00. The van der Waals surface area contributed by atoms with Crippen LogP contribution in [0.1, 0.15) is 63.5 Å². The Morgan fingerprint density at radius 3 is 2.60 bits per heavy atom. The van der Waals surface area contributed by atoms with Gasteiger partial charge in [-0.2, -0.15) is 0 Å². The molecule has 0 aromatic heterocycles. The Kier molecular flexibility index (Phi) is 3.65. The average Bonchev–Trinajstić information content (AvgIpc) is 3.01. The molecule has 20 heavy (non-hydrogen) atoms. The summed E-state index contributed by atoms with van der Waals surface area (Å²) >= 11 is 0. The standard InChI is InChI=1S/C20H24/c1-4-9-19-18-12-7-6-11-17(18)15(5-2)20(19)16-13-8-10-14(16)3/h6-8,10-12,15H,4-5,9,13H2,1-3H3. The van der Waals surface area contributed by atoms with Gasteiger partial charge in [0.2, 0.25) is 0 Å². The summed E-state index contributed by atoms with van der Waals surface area (Å²) in [5, 5.41) is 0. The van der Waals surface area contributed by atoms with Gasteiger partial charge in [-0.05, 0) is 59.6 Å². The summed E-state index contributed by atoms with van der Waals surface area (Å²) in [6, 6.07) is 9.05. The van der Waals surface area contributed by atoms with E-state index in [1.54, 1.807) is 22.3 Å². The molecule has 0 spiro atoms. The van der Waals surface area contributed by atoms with Crippen molar-refractivity contribution < 1.29 is 0 Å². The molecule has 0 saturated carbocycles. The maximum atomic E-state index is 2.34. The predicted octanol–water partition coefficient (Wildman–Crippen LogP) is 6.02. The molecule has 0 N–H and O–H groups in total. The molecule has 1 atom stereocenters. The first kappa shape index (κ1) is 13.4. The fourth-order valence-electron chi connectivity index (χ4n) is 3.86. The monoisotopic (exact) mass is 264 g/mol. The van der Waals surface area contributed by atoms with E-state index in [1.807, 2.05) is 0 Å². The molecule has 104 valence electrons. The minimum absolute atomic E-state index is 0.609. The summed E-state index contributed by atoms with van der Waals surface area (Å²) in [5.41, 5.74) is 9.41. The Balaban J connectivity index is 2.18. The van der Waals surface area contributed by atoms with Crippen LogP contribution in [0.3, 0.4) is 0 Å². The number of hydrogen-bond donors (Lipinski definition) is 0. The molecule has 0 aliphatic heterocycles. The zero-order valence-electron chi connectivity index (χ0n) is 12.9. The zero-order chi connectivity index (χ0) is 14.1. The molecule has 0 nitrogen and oxygen atoms in total. The highest BCUT2D eigenvalue weighted by atomic mass is 14.4. The third-order valence-corrected chi connectivity index (χ3v) is 4.73. The van der Waals surface area contributed by atoms with Crippen molar-refractivity contribution >= 4 is 5.57 Å². The van der Waals surface area contributed by atoms with E-state index < -0.39 is 0 Å². The van der Waals surface area contributed by atoms with Crippen molar-refractivity contribution in [1.29, 1.82) is 0 Å². The molecule has 1 aromatic carbocycles. The first-order valence-corrected chi connectivity index (χ1v) is 7.96. The van der Waals surface area contributed by atoms with Crippen LogP contribution >= 0.6 is 0 Å². The van der Waals surface area contributed by atoms with Crippen molar-refractivity contribution in [2.75, 3.05) is 0 Å². The molecular formula is C20H24. The number of fused-ring (bicyclic) bond motifs is 1. The van der Waals surface area contributed by atoms with Crippen LogP contribution in [0.5, 0.6) is 0 Å². The summed E-state index contributed by atoms with van der Waals surface area (Å²) < 4.78 is 0. The van der Waals surface area contributed by atoms with Crippen LogP contribution in [0.4, 0.5) is 0 Å². The van der Waals surface area contributed by atoms with Gasteiger partial charge in [-0.3, -0.25) is 0 Å². The van der Waals surface area contributed by atoms with Crippen LogP contribution in [0.2, 0.25) is 0 Å².